The van der Waals surface area contributed by atoms with E-state index in [9.17, 15) is 10.2 Å². The highest BCUT2D eigenvalue weighted by Gasteiger charge is 2.21. The van der Waals surface area contributed by atoms with Crippen molar-refractivity contribution < 1.29 is 14.9 Å². The van der Waals surface area contributed by atoms with Gasteiger partial charge in [0.05, 0.1) is 13.2 Å². The molecular weight excluding hydrogens is 274 g/mol. The Hall–Kier alpha value is -0.780. The fourth-order valence-electron chi connectivity index (χ4n) is 1.46. The van der Waals surface area contributed by atoms with Crippen molar-refractivity contribution in [1.29, 1.82) is 0 Å². The summed E-state index contributed by atoms with van der Waals surface area (Å²) in [6.07, 6.45) is -1.37. The van der Waals surface area contributed by atoms with Crippen molar-refractivity contribution in [2.75, 3.05) is 18.2 Å². The molecule has 0 saturated carbocycles. The Labute approximate surface area is 103 Å². The summed E-state index contributed by atoms with van der Waals surface area (Å²) in [4.78, 5) is 0. The van der Waals surface area contributed by atoms with Gasteiger partial charge in [0, 0.05) is 16.6 Å². The summed E-state index contributed by atoms with van der Waals surface area (Å²) >= 11 is 3.21. The third-order valence-electron chi connectivity index (χ3n) is 2.34. The normalized spacial score (nSPS) is 14.5. The van der Waals surface area contributed by atoms with Crippen LogP contribution in [0, 0.1) is 0 Å². The minimum atomic E-state index is -0.990. The van der Waals surface area contributed by atoms with Gasteiger partial charge in [-0.1, -0.05) is 15.9 Å². The Morgan fingerprint density at radius 3 is 2.69 bits per heavy atom. The second-order valence-electron chi connectivity index (χ2n) is 3.49. The van der Waals surface area contributed by atoms with Gasteiger partial charge in [-0.2, -0.15) is 0 Å². The Morgan fingerprint density at radius 2 is 2.12 bits per heavy atom. The predicted molar refractivity (Wildman–Crippen MR) is 66.8 cm³/mol. The number of rotatable bonds is 5. The number of nitrogen functional groups attached to an aromatic ring is 1. The Kier molecular flexibility index (Phi) is 5.05. The van der Waals surface area contributed by atoms with Gasteiger partial charge in [-0.15, -0.1) is 0 Å². The number of aliphatic hydroxyl groups is 2. The number of halogens is 1. The number of aliphatic hydroxyl groups excluding tert-OH is 2. The molecule has 0 saturated heterocycles. The summed E-state index contributed by atoms with van der Waals surface area (Å²) in [6.45, 7) is 0. The monoisotopic (exact) mass is 289 g/mol. The summed E-state index contributed by atoms with van der Waals surface area (Å²) in [7, 11) is 1.51. The second kappa shape index (κ2) is 6.08. The standard InChI is InChI=1S/C11H16BrNO3/c1-16-10-3-2-7(13)6-8(10)11(15)9(14)4-5-12/h2-3,6,9,11,14-15H,4-5,13H2,1H3. The van der Waals surface area contributed by atoms with Crippen molar-refractivity contribution in [2.24, 2.45) is 0 Å². The summed E-state index contributed by atoms with van der Waals surface area (Å²) in [5, 5.41) is 20.3. The number of alkyl halides is 1. The van der Waals surface area contributed by atoms with E-state index < -0.39 is 12.2 Å². The van der Waals surface area contributed by atoms with E-state index in [1.807, 2.05) is 0 Å². The molecule has 4 N–H and O–H groups in total. The van der Waals surface area contributed by atoms with Crippen LogP contribution in [0.4, 0.5) is 5.69 Å². The maximum atomic E-state index is 9.95. The molecule has 2 atom stereocenters. The Bertz CT molecular complexity index is 346. The van der Waals surface area contributed by atoms with Crippen molar-refractivity contribution in [1.82, 2.24) is 0 Å². The number of methoxy groups -OCH3 is 1. The molecule has 16 heavy (non-hydrogen) atoms. The van der Waals surface area contributed by atoms with E-state index in [0.717, 1.165) is 0 Å². The van der Waals surface area contributed by atoms with E-state index in [1.165, 1.54) is 7.11 Å². The van der Waals surface area contributed by atoms with Crippen LogP contribution in [0.3, 0.4) is 0 Å². The van der Waals surface area contributed by atoms with Crippen molar-refractivity contribution >= 4 is 21.6 Å². The largest absolute Gasteiger partial charge is 0.496 e. The van der Waals surface area contributed by atoms with Crippen LogP contribution >= 0.6 is 15.9 Å². The smallest absolute Gasteiger partial charge is 0.124 e. The van der Waals surface area contributed by atoms with Crippen molar-refractivity contribution in [2.45, 2.75) is 18.6 Å². The van der Waals surface area contributed by atoms with Gasteiger partial charge in [-0.25, -0.2) is 0 Å². The second-order valence-corrected chi connectivity index (χ2v) is 4.28. The van der Waals surface area contributed by atoms with Crippen LogP contribution in [0.2, 0.25) is 0 Å². The summed E-state index contributed by atoms with van der Waals surface area (Å²) in [6, 6.07) is 4.97. The molecule has 0 heterocycles. The molecule has 90 valence electrons. The van der Waals surface area contributed by atoms with Gasteiger partial charge >= 0.3 is 0 Å². The fraction of sp³-hybridized carbons (Fsp3) is 0.455. The molecule has 0 aromatic heterocycles. The van der Waals surface area contributed by atoms with Crippen LogP contribution in [-0.4, -0.2) is 28.8 Å². The van der Waals surface area contributed by atoms with E-state index in [0.29, 0.717) is 28.8 Å². The van der Waals surface area contributed by atoms with Gasteiger partial charge in [-0.05, 0) is 24.6 Å². The molecule has 0 spiro atoms. The molecule has 5 heteroatoms. The average molecular weight is 290 g/mol. The quantitative estimate of drug-likeness (QED) is 0.567. The Balaban J connectivity index is 2.96. The van der Waals surface area contributed by atoms with E-state index in [2.05, 4.69) is 15.9 Å². The molecule has 1 aromatic carbocycles. The summed E-state index contributed by atoms with van der Waals surface area (Å²) in [5.41, 5.74) is 6.68. The number of hydrogen-bond acceptors (Lipinski definition) is 4. The lowest BCUT2D eigenvalue weighted by Crippen LogP contribution is -2.19. The van der Waals surface area contributed by atoms with Crippen molar-refractivity contribution in [3.8, 4) is 5.75 Å². The zero-order chi connectivity index (χ0) is 12.1. The van der Waals surface area contributed by atoms with Gasteiger partial charge in [0.15, 0.2) is 0 Å². The molecule has 0 aliphatic heterocycles. The first kappa shape index (κ1) is 13.3. The lowest BCUT2D eigenvalue weighted by atomic mass is 10.0. The minimum absolute atomic E-state index is 0.457. The SMILES string of the molecule is COc1ccc(N)cc1C(O)C(O)CCBr. The first-order valence-corrected chi connectivity index (χ1v) is 6.07. The molecule has 1 rings (SSSR count). The highest BCUT2D eigenvalue weighted by atomic mass is 79.9. The Morgan fingerprint density at radius 1 is 1.44 bits per heavy atom. The maximum absolute atomic E-state index is 9.95. The molecule has 0 aliphatic rings. The van der Waals surface area contributed by atoms with E-state index in [-0.39, 0.29) is 0 Å². The molecule has 2 unspecified atom stereocenters. The van der Waals surface area contributed by atoms with E-state index in [4.69, 9.17) is 10.5 Å². The van der Waals surface area contributed by atoms with Crippen molar-refractivity contribution in [3.05, 3.63) is 23.8 Å². The molecule has 0 fully saturated rings. The lowest BCUT2D eigenvalue weighted by Gasteiger charge is -2.19. The zero-order valence-electron chi connectivity index (χ0n) is 9.06. The first-order chi connectivity index (χ1) is 7.60. The van der Waals surface area contributed by atoms with Crippen LogP contribution in [0.15, 0.2) is 18.2 Å². The van der Waals surface area contributed by atoms with Gasteiger partial charge in [0.1, 0.15) is 11.9 Å². The number of benzene rings is 1. The molecule has 0 radical (unpaired) electrons. The third-order valence-corrected chi connectivity index (χ3v) is 2.80. The highest BCUT2D eigenvalue weighted by Crippen LogP contribution is 2.30. The summed E-state index contributed by atoms with van der Waals surface area (Å²) < 4.78 is 5.11. The van der Waals surface area contributed by atoms with Gasteiger partial charge in [0.2, 0.25) is 0 Å². The average Bonchev–Trinajstić information content (AvgIpc) is 2.28. The molecule has 0 bridgehead atoms. The van der Waals surface area contributed by atoms with Gasteiger partial charge in [0.25, 0.3) is 0 Å². The third kappa shape index (κ3) is 3.10. The van der Waals surface area contributed by atoms with Crippen LogP contribution < -0.4 is 10.5 Å². The van der Waals surface area contributed by atoms with Gasteiger partial charge < -0.3 is 20.7 Å². The highest BCUT2D eigenvalue weighted by molar-refractivity contribution is 9.09. The van der Waals surface area contributed by atoms with Crippen LogP contribution in [-0.2, 0) is 0 Å². The first-order valence-electron chi connectivity index (χ1n) is 4.95. The van der Waals surface area contributed by atoms with E-state index >= 15 is 0 Å². The molecule has 4 nitrogen and oxygen atoms in total. The maximum Gasteiger partial charge on any atom is 0.124 e. The fourth-order valence-corrected chi connectivity index (χ4v) is 1.93. The number of ether oxygens (including phenoxy) is 1. The van der Waals surface area contributed by atoms with E-state index in [1.54, 1.807) is 18.2 Å². The molecule has 0 aliphatic carbocycles. The van der Waals surface area contributed by atoms with Crippen molar-refractivity contribution in [3.63, 3.8) is 0 Å². The zero-order valence-corrected chi connectivity index (χ0v) is 10.6. The van der Waals surface area contributed by atoms with Crippen LogP contribution in [0.1, 0.15) is 18.1 Å². The minimum Gasteiger partial charge on any atom is -0.496 e. The predicted octanol–water partition coefficient (Wildman–Crippen LogP) is 1.46. The van der Waals surface area contributed by atoms with Crippen LogP contribution in [0.5, 0.6) is 5.75 Å². The lowest BCUT2D eigenvalue weighted by molar-refractivity contribution is 0.0160. The topological polar surface area (TPSA) is 75.7 Å². The number of nitrogens with two attached hydrogens (primary N) is 1. The van der Waals surface area contributed by atoms with Crippen LogP contribution in [0.25, 0.3) is 0 Å². The number of anilines is 1. The number of hydrogen-bond donors (Lipinski definition) is 3. The molecule has 0 amide bonds. The molecular formula is C11H16BrNO3. The molecule has 1 aromatic rings. The summed E-state index contributed by atoms with van der Waals surface area (Å²) in [5.74, 6) is 0.523. The van der Waals surface area contributed by atoms with Gasteiger partial charge in [-0.3, -0.25) is 0 Å².